The third kappa shape index (κ3) is 1.63. The van der Waals surface area contributed by atoms with Gasteiger partial charge in [-0.25, -0.2) is 0 Å². The van der Waals surface area contributed by atoms with Crippen LogP contribution >= 0.6 is 0 Å². The van der Waals surface area contributed by atoms with Gasteiger partial charge in [0.05, 0.1) is 5.69 Å². The molecule has 1 aliphatic rings. The van der Waals surface area contributed by atoms with Gasteiger partial charge in [-0.3, -0.25) is 4.98 Å². The molecule has 0 aromatic carbocycles. The Labute approximate surface area is 85.2 Å². The standard InChI is InChI=1S/C13H15N/c1-11-6-7-12(14-10-11)13(2)8-4-3-5-9-13/h3-8,10H,9H2,1-2H3. The molecule has 0 saturated heterocycles. The quantitative estimate of drug-likeness (QED) is 0.655. The Morgan fingerprint density at radius 3 is 2.71 bits per heavy atom. The van der Waals surface area contributed by atoms with Crippen LogP contribution in [0.1, 0.15) is 24.6 Å². The fourth-order valence-electron chi connectivity index (χ4n) is 1.72. The van der Waals surface area contributed by atoms with Crippen LogP contribution in [0.2, 0.25) is 0 Å². The largest absolute Gasteiger partial charge is 0.260 e. The van der Waals surface area contributed by atoms with Gasteiger partial charge in [0, 0.05) is 11.6 Å². The van der Waals surface area contributed by atoms with Gasteiger partial charge in [-0.2, -0.15) is 0 Å². The van der Waals surface area contributed by atoms with Crippen molar-refractivity contribution in [2.45, 2.75) is 25.7 Å². The lowest BCUT2D eigenvalue weighted by atomic mass is 9.80. The maximum absolute atomic E-state index is 4.49. The van der Waals surface area contributed by atoms with Gasteiger partial charge in [-0.1, -0.05) is 37.3 Å². The van der Waals surface area contributed by atoms with Crippen LogP contribution < -0.4 is 0 Å². The minimum atomic E-state index is 0.0858. The summed E-state index contributed by atoms with van der Waals surface area (Å²) in [6, 6.07) is 4.25. The number of pyridine rings is 1. The van der Waals surface area contributed by atoms with E-state index in [4.69, 9.17) is 0 Å². The molecule has 1 nitrogen and oxygen atoms in total. The number of allylic oxidation sites excluding steroid dienone is 4. The van der Waals surface area contributed by atoms with Gasteiger partial charge >= 0.3 is 0 Å². The first-order chi connectivity index (χ1) is 6.71. The van der Waals surface area contributed by atoms with Crippen molar-refractivity contribution >= 4 is 0 Å². The third-order valence-electron chi connectivity index (χ3n) is 2.75. The second-order valence-electron chi connectivity index (χ2n) is 4.13. The van der Waals surface area contributed by atoms with E-state index in [0.717, 1.165) is 12.1 Å². The van der Waals surface area contributed by atoms with Gasteiger partial charge in [0.25, 0.3) is 0 Å². The summed E-state index contributed by atoms with van der Waals surface area (Å²) in [6.07, 6.45) is 11.6. The molecule has 0 N–H and O–H groups in total. The van der Waals surface area contributed by atoms with Gasteiger partial charge < -0.3 is 0 Å². The van der Waals surface area contributed by atoms with Gasteiger partial charge in [0.2, 0.25) is 0 Å². The van der Waals surface area contributed by atoms with Crippen LogP contribution in [-0.4, -0.2) is 4.98 Å². The van der Waals surface area contributed by atoms with Crippen molar-refractivity contribution in [3.8, 4) is 0 Å². The number of nitrogens with zero attached hydrogens (tertiary/aromatic N) is 1. The second-order valence-corrected chi connectivity index (χ2v) is 4.13. The zero-order valence-corrected chi connectivity index (χ0v) is 8.70. The Balaban J connectivity index is 2.34. The monoisotopic (exact) mass is 185 g/mol. The van der Waals surface area contributed by atoms with Gasteiger partial charge in [-0.15, -0.1) is 0 Å². The highest BCUT2D eigenvalue weighted by atomic mass is 14.7. The predicted molar refractivity (Wildman–Crippen MR) is 59.2 cm³/mol. The van der Waals surface area contributed by atoms with Crippen molar-refractivity contribution in [1.82, 2.24) is 4.98 Å². The summed E-state index contributed by atoms with van der Waals surface area (Å²) < 4.78 is 0. The lowest BCUT2D eigenvalue weighted by Crippen LogP contribution is -2.20. The first-order valence-corrected chi connectivity index (χ1v) is 4.98. The van der Waals surface area contributed by atoms with E-state index in [9.17, 15) is 0 Å². The normalized spacial score (nSPS) is 25.3. The molecule has 14 heavy (non-hydrogen) atoms. The van der Waals surface area contributed by atoms with E-state index in [1.54, 1.807) is 0 Å². The van der Waals surface area contributed by atoms with E-state index in [1.807, 2.05) is 6.20 Å². The van der Waals surface area contributed by atoms with Crippen molar-refractivity contribution in [2.75, 3.05) is 0 Å². The van der Waals surface area contributed by atoms with E-state index in [-0.39, 0.29) is 5.41 Å². The fraction of sp³-hybridized carbons (Fsp3) is 0.308. The molecule has 1 atom stereocenters. The molecular weight excluding hydrogens is 170 g/mol. The highest BCUT2D eigenvalue weighted by molar-refractivity contribution is 5.30. The zero-order valence-electron chi connectivity index (χ0n) is 8.70. The summed E-state index contributed by atoms with van der Waals surface area (Å²) in [4.78, 5) is 4.49. The zero-order chi connectivity index (χ0) is 10.0. The van der Waals surface area contributed by atoms with Crippen LogP contribution in [0.15, 0.2) is 42.6 Å². The Morgan fingerprint density at radius 1 is 1.29 bits per heavy atom. The average molecular weight is 185 g/mol. The van der Waals surface area contributed by atoms with Crippen LogP contribution in [-0.2, 0) is 5.41 Å². The molecule has 72 valence electrons. The van der Waals surface area contributed by atoms with Gasteiger partial charge in [-0.05, 0) is 25.0 Å². The number of hydrogen-bond acceptors (Lipinski definition) is 1. The van der Waals surface area contributed by atoms with Crippen molar-refractivity contribution in [3.63, 3.8) is 0 Å². The molecule has 0 bridgehead atoms. The molecule has 0 spiro atoms. The molecule has 0 radical (unpaired) electrons. The Morgan fingerprint density at radius 2 is 2.14 bits per heavy atom. The summed E-state index contributed by atoms with van der Waals surface area (Å²) in [5.74, 6) is 0. The minimum absolute atomic E-state index is 0.0858. The van der Waals surface area contributed by atoms with Crippen LogP contribution in [0.3, 0.4) is 0 Å². The molecule has 0 aliphatic heterocycles. The third-order valence-corrected chi connectivity index (χ3v) is 2.75. The van der Waals surface area contributed by atoms with E-state index in [0.29, 0.717) is 0 Å². The summed E-state index contributed by atoms with van der Waals surface area (Å²) >= 11 is 0. The molecular formula is C13H15N. The molecule has 1 aromatic heterocycles. The smallest absolute Gasteiger partial charge is 0.0503 e. The molecule has 1 aromatic rings. The number of hydrogen-bond donors (Lipinski definition) is 0. The first kappa shape index (κ1) is 9.20. The number of rotatable bonds is 1. The molecule has 0 amide bonds. The van der Waals surface area contributed by atoms with Gasteiger partial charge in [0.15, 0.2) is 0 Å². The second kappa shape index (κ2) is 3.41. The predicted octanol–water partition coefficient (Wildman–Crippen LogP) is 3.16. The van der Waals surface area contributed by atoms with Crippen molar-refractivity contribution in [2.24, 2.45) is 0 Å². The van der Waals surface area contributed by atoms with Crippen molar-refractivity contribution in [1.29, 1.82) is 0 Å². The molecule has 0 saturated carbocycles. The van der Waals surface area contributed by atoms with E-state index in [1.165, 1.54) is 5.56 Å². The van der Waals surface area contributed by atoms with E-state index >= 15 is 0 Å². The maximum atomic E-state index is 4.49. The SMILES string of the molecule is Cc1ccc(C2(C)C=CC=CC2)nc1. The molecule has 1 aliphatic carbocycles. The summed E-state index contributed by atoms with van der Waals surface area (Å²) in [7, 11) is 0. The van der Waals surface area contributed by atoms with Crippen LogP contribution in [0.25, 0.3) is 0 Å². The van der Waals surface area contributed by atoms with Crippen LogP contribution in [0, 0.1) is 6.92 Å². The van der Waals surface area contributed by atoms with Crippen LogP contribution in [0.5, 0.6) is 0 Å². The van der Waals surface area contributed by atoms with E-state index < -0.39 is 0 Å². The minimum Gasteiger partial charge on any atom is -0.260 e. The topological polar surface area (TPSA) is 12.9 Å². The molecule has 1 heteroatoms. The average Bonchev–Trinajstić information content (AvgIpc) is 2.19. The number of aromatic nitrogens is 1. The molecule has 1 unspecified atom stereocenters. The molecule has 1 heterocycles. The lowest BCUT2D eigenvalue weighted by molar-refractivity contribution is 0.579. The summed E-state index contributed by atoms with van der Waals surface area (Å²) in [5, 5.41) is 0. The first-order valence-electron chi connectivity index (χ1n) is 4.98. The van der Waals surface area contributed by atoms with Crippen LogP contribution in [0.4, 0.5) is 0 Å². The highest BCUT2D eigenvalue weighted by Gasteiger charge is 2.24. The van der Waals surface area contributed by atoms with Gasteiger partial charge in [0.1, 0.15) is 0 Å². The Bertz CT molecular complexity index is 373. The molecule has 2 rings (SSSR count). The summed E-state index contributed by atoms with van der Waals surface area (Å²) in [5.41, 5.74) is 2.46. The molecule has 0 fully saturated rings. The lowest BCUT2D eigenvalue weighted by Gasteiger charge is -2.25. The van der Waals surface area contributed by atoms with Crippen molar-refractivity contribution in [3.05, 3.63) is 53.9 Å². The highest BCUT2D eigenvalue weighted by Crippen LogP contribution is 2.30. The van der Waals surface area contributed by atoms with E-state index in [2.05, 4.69) is 55.3 Å². The summed E-state index contributed by atoms with van der Waals surface area (Å²) in [6.45, 7) is 4.29. The Hall–Kier alpha value is -1.37. The number of aryl methyl sites for hydroxylation is 1. The fourth-order valence-corrected chi connectivity index (χ4v) is 1.72. The Kier molecular flexibility index (Phi) is 2.24. The maximum Gasteiger partial charge on any atom is 0.0503 e. The van der Waals surface area contributed by atoms with Crippen molar-refractivity contribution < 1.29 is 0 Å².